The number of amides is 1. The molecule has 0 saturated heterocycles. The minimum Gasteiger partial charge on any atom is -0.397 e. The van der Waals surface area contributed by atoms with Crippen LogP contribution in [0.3, 0.4) is 0 Å². The lowest BCUT2D eigenvalue weighted by atomic mass is 9.80. The minimum absolute atomic E-state index is 0.0508. The molecule has 0 aliphatic heterocycles. The van der Waals surface area contributed by atoms with Gasteiger partial charge in [-0.3, -0.25) is 9.78 Å². The molecule has 2 aromatic heterocycles. The van der Waals surface area contributed by atoms with Crippen LogP contribution in [0, 0.1) is 19.8 Å². The molecule has 3 rings (SSSR count). The molecule has 0 spiro atoms. The average Bonchev–Trinajstić information content (AvgIpc) is 2.63. The van der Waals surface area contributed by atoms with Crippen LogP contribution in [-0.2, 0) is 0 Å². The number of fused-ring (bicyclic) bond motifs is 1. The molecule has 1 unspecified atom stereocenters. The molecular weight excluding hydrogens is 282 g/mol. The molecule has 112 valence electrons. The van der Waals surface area contributed by atoms with Gasteiger partial charge in [-0.15, -0.1) is 11.3 Å². The number of nitrogens with one attached hydrogen (secondary N) is 1. The van der Waals surface area contributed by atoms with Gasteiger partial charge in [0.25, 0.3) is 5.91 Å². The lowest BCUT2D eigenvalue weighted by Crippen LogP contribution is -2.40. The second-order valence-electron chi connectivity index (χ2n) is 6.02. The number of hydrogen-bond donors (Lipinski definition) is 2. The summed E-state index contributed by atoms with van der Waals surface area (Å²) in [5.41, 5.74) is 8.61. The summed E-state index contributed by atoms with van der Waals surface area (Å²) in [5.74, 6) is 0.570. The summed E-state index contributed by atoms with van der Waals surface area (Å²) in [4.78, 5) is 17.5. The van der Waals surface area contributed by atoms with Crippen LogP contribution in [0.25, 0.3) is 10.1 Å². The van der Waals surface area contributed by atoms with E-state index in [0.29, 0.717) is 16.5 Å². The second kappa shape index (κ2) is 5.30. The summed E-state index contributed by atoms with van der Waals surface area (Å²) in [5, 5.41) is 4.03. The lowest BCUT2D eigenvalue weighted by Gasteiger charge is -2.31. The van der Waals surface area contributed by atoms with Crippen LogP contribution in [0.1, 0.15) is 47.2 Å². The van der Waals surface area contributed by atoms with Crippen molar-refractivity contribution < 1.29 is 4.79 Å². The average molecular weight is 303 g/mol. The Labute approximate surface area is 128 Å². The van der Waals surface area contributed by atoms with Gasteiger partial charge in [0.05, 0.1) is 5.69 Å². The number of nitrogens with two attached hydrogens (primary N) is 1. The number of aryl methyl sites for hydroxylation is 2. The van der Waals surface area contributed by atoms with Gasteiger partial charge in [-0.25, -0.2) is 0 Å². The molecule has 1 saturated carbocycles. The Kier molecular flexibility index (Phi) is 3.61. The van der Waals surface area contributed by atoms with E-state index >= 15 is 0 Å². The first-order valence-electron chi connectivity index (χ1n) is 7.44. The molecule has 21 heavy (non-hydrogen) atoms. The van der Waals surface area contributed by atoms with E-state index in [9.17, 15) is 4.79 Å². The van der Waals surface area contributed by atoms with Gasteiger partial charge < -0.3 is 11.1 Å². The van der Waals surface area contributed by atoms with Crippen molar-refractivity contribution in [1.82, 2.24) is 10.3 Å². The zero-order valence-electron chi connectivity index (χ0n) is 12.7. The maximum absolute atomic E-state index is 12.5. The summed E-state index contributed by atoms with van der Waals surface area (Å²) in [6.45, 7) is 5.99. The maximum atomic E-state index is 12.5. The van der Waals surface area contributed by atoms with Gasteiger partial charge in [-0.2, -0.15) is 0 Å². The summed E-state index contributed by atoms with van der Waals surface area (Å²) in [7, 11) is 0. The topological polar surface area (TPSA) is 68.0 Å². The van der Waals surface area contributed by atoms with Crippen molar-refractivity contribution in [2.45, 2.75) is 46.1 Å². The number of thiophene rings is 1. The molecule has 5 heteroatoms. The Balaban J connectivity index is 1.91. The zero-order chi connectivity index (χ0) is 15.1. The number of pyridine rings is 1. The summed E-state index contributed by atoms with van der Waals surface area (Å²) < 4.78 is 1.04. The molecular formula is C16H21N3OS. The van der Waals surface area contributed by atoms with E-state index in [1.165, 1.54) is 30.6 Å². The van der Waals surface area contributed by atoms with Crippen LogP contribution >= 0.6 is 11.3 Å². The Morgan fingerprint density at radius 3 is 2.81 bits per heavy atom. The van der Waals surface area contributed by atoms with Crippen LogP contribution in [0.15, 0.2) is 6.07 Å². The smallest absolute Gasteiger partial charge is 0.263 e. The Bertz CT molecular complexity index is 703. The molecule has 1 amide bonds. The third-order valence-corrected chi connectivity index (χ3v) is 5.59. The van der Waals surface area contributed by atoms with Crippen LogP contribution < -0.4 is 11.1 Å². The van der Waals surface area contributed by atoms with E-state index in [1.54, 1.807) is 0 Å². The Morgan fingerprint density at radius 2 is 2.19 bits per heavy atom. The molecule has 2 aromatic rings. The van der Waals surface area contributed by atoms with Crippen LogP contribution in [0.5, 0.6) is 0 Å². The highest BCUT2D eigenvalue weighted by atomic mass is 32.1. The van der Waals surface area contributed by atoms with Crippen molar-refractivity contribution >= 4 is 33.0 Å². The van der Waals surface area contributed by atoms with Crippen molar-refractivity contribution in [3.8, 4) is 0 Å². The van der Waals surface area contributed by atoms with Gasteiger partial charge in [0.1, 0.15) is 4.88 Å². The van der Waals surface area contributed by atoms with Crippen LogP contribution in [0.2, 0.25) is 0 Å². The van der Waals surface area contributed by atoms with E-state index in [4.69, 9.17) is 5.73 Å². The van der Waals surface area contributed by atoms with E-state index in [0.717, 1.165) is 21.5 Å². The van der Waals surface area contributed by atoms with Crippen molar-refractivity contribution in [3.63, 3.8) is 0 Å². The fourth-order valence-corrected chi connectivity index (χ4v) is 4.15. The minimum atomic E-state index is -0.0508. The molecule has 1 fully saturated rings. The predicted octanol–water partition coefficient (Wildman–Crippen LogP) is 3.41. The molecule has 0 aromatic carbocycles. The summed E-state index contributed by atoms with van der Waals surface area (Å²) >= 11 is 1.46. The predicted molar refractivity (Wildman–Crippen MR) is 87.8 cm³/mol. The number of carbonyl (C=O) groups is 1. The van der Waals surface area contributed by atoms with E-state index in [1.807, 2.05) is 19.9 Å². The fraction of sp³-hybridized carbons (Fsp3) is 0.500. The van der Waals surface area contributed by atoms with Gasteiger partial charge >= 0.3 is 0 Å². The van der Waals surface area contributed by atoms with Crippen LogP contribution in [-0.4, -0.2) is 16.9 Å². The quantitative estimate of drug-likeness (QED) is 0.913. The number of aromatic nitrogens is 1. The van der Waals surface area contributed by atoms with Gasteiger partial charge in [0, 0.05) is 27.5 Å². The van der Waals surface area contributed by atoms with Gasteiger partial charge in [-0.1, -0.05) is 6.42 Å². The molecule has 0 bridgehead atoms. The summed E-state index contributed by atoms with van der Waals surface area (Å²) in [6.07, 6.45) is 3.71. The Morgan fingerprint density at radius 1 is 1.48 bits per heavy atom. The molecule has 4 nitrogen and oxygen atoms in total. The number of rotatable bonds is 3. The van der Waals surface area contributed by atoms with Crippen LogP contribution in [0.4, 0.5) is 5.69 Å². The largest absolute Gasteiger partial charge is 0.397 e. The second-order valence-corrected chi connectivity index (χ2v) is 7.07. The first-order chi connectivity index (χ1) is 9.97. The normalized spacial score (nSPS) is 16.7. The van der Waals surface area contributed by atoms with E-state index in [2.05, 4.69) is 17.2 Å². The molecule has 0 radical (unpaired) electrons. The zero-order valence-corrected chi connectivity index (χ0v) is 13.5. The highest BCUT2D eigenvalue weighted by Gasteiger charge is 2.27. The monoisotopic (exact) mass is 303 g/mol. The highest BCUT2D eigenvalue weighted by Crippen LogP contribution is 2.36. The highest BCUT2D eigenvalue weighted by molar-refractivity contribution is 7.21. The number of hydrogen-bond acceptors (Lipinski definition) is 4. The maximum Gasteiger partial charge on any atom is 0.263 e. The molecule has 2 heterocycles. The van der Waals surface area contributed by atoms with Crippen molar-refractivity contribution in [2.24, 2.45) is 5.92 Å². The number of nitrogens with zero attached hydrogens (tertiary/aromatic N) is 1. The third-order valence-electron chi connectivity index (χ3n) is 4.44. The number of carbonyl (C=O) groups excluding carboxylic acids is 1. The molecule has 1 aliphatic rings. The number of nitrogen functional groups attached to an aromatic ring is 1. The van der Waals surface area contributed by atoms with Crippen molar-refractivity contribution in [3.05, 3.63) is 22.3 Å². The van der Waals surface area contributed by atoms with Gasteiger partial charge in [-0.05, 0) is 45.6 Å². The lowest BCUT2D eigenvalue weighted by molar-refractivity contribution is 0.0914. The SMILES string of the molecule is Cc1cc2sc(C(=O)NC(C)C3CCC3)c(N)c2c(C)n1. The molecule has 3 N–H and O–H groups in total. The van der Waals surface area contributed by atoms with Crippen molar-refractivity contribution in [1.29, 1.82) is 0 Å². The Hall–Kier alpha value is -1.62. The molecule has 1 atom stereocenters. The van der Waals surface area contributed by atoms with Crippen molar-refractivity contribution in [2.75, 3.05) is 5.73 Å². The first-order valence-corrected chi connectivity index (χ1v) is 8.26. The van der Waals surface area contributed by atoms with Gasteiger partial charge in [0.15, 0.2) is 0 Å². The van der Waals surface area contributed by atoms with E-state index < -0.39 is 0 Å². The fourth-order valence-electron chi connectivity index (χ4n) is 2.98. The standard InChI is InChI=1S/C16H21N3OS/c1-8-7-12-13(10(3)18-8)14(17)15(21-12)16(20)19-9(2)11-5-4-6-11/h7,9,11H,4-6,17H2,1-3H3,(H,19,20). The third kappa shape index (κ3) is 2.50. The summed E-state index contributed by atoms with van der Waals surface area (Å²) in [6, 6.07) is 2.21. The molecule has 1 aliphatic carbocycles. The number of anilines is 1. The first kappa shape index (κ1) is 14.3. The van der Waals surface area contributed by atoms with E-state index in [-0.39, 0.29) is 11.9 Å². The van der Waals surface area contributed by atoms with Gasteiger partial charge in [0.2, 0.25) is 0 Å².